The summed E-state index contributed by atoms with van der Waals surface area (Å²) in [5, 5.41) is 41.0. The van der Waals surface area contributed by atoms with Gasteiger partial charge in [-0.05, 0) is 101 Å². The fraction of sp³-hybridized carbons (Fsp3) is 0.886. The monoisotopic (exact) mass is 610 g/mol. The molecule has 0 aromatic rings. The van der Waals surface area contributed by atoms with Crippen molar-refractivity contribution in [2.24, 2.45) is 29.6 Å². The third-order valence-electron chi connectivity index (χ3n) is 9.93. The summed E-state index contributed by atoms with van der Waals surface area (Å²) < 4.78 is 11.9. The second kappa shape index (κ2) is 18.6. The summed E-state index contributed by atoms with van der Waals surface area (Å²) >= 11 is 0. The maximum Gasteiger partial charge on any atom is 0.305 e. The lowest BCUT2D eigenvalue weighted by molar-refractivity contribution is -0.148. The van der Waals surface area contributed by atoms with Gasteiger partial charge in [-0.3, -0.25) is 9.59 Å². The van der Waals surface area contributed by atoms with Crippen molar-refractivity contribution in [2.75, 3.05) is 6.61 Å². The summed E-state index contributed by atoms with van der Waals surface area (Å²) in [6.07, 6.45) is 10.9. The lowest BCUT2D eigenvalue weighted by Crippen LogP contribution is -2.43. The zero-order valence-corrected chi connectivity index (χ0v) is 27.7. The molecule has 0 saturated carbocycles. The van der Waals surface area contributed by atoms with E-state index < -0.39 is 23.8 Å². The first-order chi connectivity index (χ1) is 20.2. The van der Waals surface area contributed by atoms with Crippen LogP contribution in [0.4, 0.5) is 0 Å². The molecule has 250 valence electrons. The summed E-state index contributed by atoms with van der Waals surface area (Å²) in [6.45, 7) is 12.9. The number of carbonyl (C=O) groups is 2. The molecular weight excluding hydrogens is 548 g/mol. The lowest BCUT2D eigenvalue weighted by atomic mass is 9.80. The van der Waals surface area contributed by atoms with E-state index in [1.807, 2.05) is 19.9 Å². The Balaban J connectivity index is 1.67. The third-order valence-corrected chi connectivity index (χ3v) is 9.93. The number of carbonyl (C=O) groups excluding carboxylic acids is 1. The van der Waals surface area contributed by atoms with Crippen LogP contribution in [0.5, 0.6) is 0 Å². The molecule has 2 heterocycles. The number of hydrogen-bond donors (Lipinski definition) is 4. The van der Waals surface area contributed by atoms with Crippen LogP contribution in [-0.2, 0) is 19.1 Å². The molecule has 0 aromatic carbocycles. The molecule has 8 unspecified atom stereocenters. The lowest BCUT2D eigenvalue weighted by Gasteiger charge is -2.38. The highest BCUT2D eigenvalue weighted by Gasteiger charge is 2.35. The number of ketones is 1. The molecular formula is C35H62O8. The van der Waals surface area contributed by atoms with Gasteiger partial charge in [-0.1, -0.05) is 46.8 Å². The van der Waals surface area contributed by atoms with Gasteiger partial charge in [0.05, 0.1) is 42.5 Å². The Morgan fingerprint density at radius 2 is 1.74 bits per heavy atom. The maximum absolute atomic E-state index is 13.0. The highest BCUT2D eigenvalue weighted by molar-refractivity contribution is 5.80. The van der Waals surface area contributed by atoms with Gasteiger partial charge in [-0.15, -0.1) is 0 Å². The Bertz CT molecular complexity index is 851. The molecule has 0 spiro atoms. The molecule has 2 aliphatic heterocycles. The molecule has 2 aliphatic rings. The number of rotatable bonds is 19. The minimum Gasteiger partial charge on any atom is -0.481 e. The van der Waals surface area contributed by atoms with Gasteiger partial charge in [0.1, 0.15) is 5.78 Å². The molecule has 0 bridgehead atoms. The van der Waals surface area contributed by atoms with Crippen LogP contribution in [0.1, 0.15) is 125 Å². The van der Waals surface area contributed by atoms with Gasteiger partial charge in [0.2, 0.25) is 0 Å². The molecule has 0 aliphatic carbocycles. The Kier molecular flexibility index (Phi) is 16.4. The highest BCUT2D eigenvalue weighted by Crippen LogP contribution is 2.34. The zero-order chi connectivity index (χ0) is 32.2. The number of aliphatic hydroxyl groups excluding tert-OH is 2. The van der Waals surface area contributed by atoms with Gasteiger partial charge in [-0.25, -0.2) is 0 Å². The second-order valence-electron chi connectivity index (χ2n) is 14.4. The number of hydrogen-bond acceptors (Lipinski definition) is 7. The first kappa shape index (κ1) is 37.9. The van der Waals surface area contributed by atoms with E-state index in [1.54, 1.807) is 13.0 Å². The summed E-state index contributed by atoms with van der Waals surface area (Å²) in [6, 6.07) is 0. The molecule has 0 radical (unpaired) electrons. The van der Waals surface area contributed by atoms with Crippen LogP contribution in [0.25, 0.3) is 0 Å². The number of aliphatic hydroxyl groups is 3. The van der Waals surface area contributed by atoms with E-state index in [0.717, 1.165) is 51.4 Å². The van der Waals surface area contributed by atoms with Gasteiger partial charge in [0, 0.05) is 18.9 Å². The van der Waals surface area contributed by atoms with Crippen molar-refractivity contribution in [3.63, 3.8) is 0 Å². The predicted octanol–water partition coefficient (Wildman–Crippen LogP) is 6.09. The highest BCUT2D eigenvalue weighted by atomic mass is 16.5. The third kappa shape index (κ3) is 13.7. The first-order valence-corrected chi connectivity index (χ1v) is 17.0. The second-order valence-corrected chi connectivity index (χ2v) is 14.4. The van der Waals surface area contributed by atoms with E-state index in [-0.39, 0.29) is 48.3 Å². The van der Waals surface area contributed by atoms with E-state index >= 15 is 0 Å². The SMILES string of the molecule is CC(CCC(=O)C(C)C[C@H](C)C1OC(CC(=O)O)CC[C@@H]1C)CC(C)C(O)/C=C\CC(O)CC[C@](C)(O)C1CCCCO1. The van der Waals surface area contributed by atoms with Crippen LogP contribution < -0.4 is 0 Å². The molecule has 0 amide bonds. The van der Waals surface area contributed by atoms with Crippen molar-refractivity contribution in [1.29, 1.82) is 0 Å². The number of carboxylic acids is 1. The minimum atomic E-state index is -0.942. The summed E-state index contributed by atoms with van der Waals surface area (Å²) in [4.78, 5) is 24.1. The van der Waals surface area contributed by atoms with Crippen LogP contribution >= 0.6 is 0 Å². The van der Waals surface area contributed by atoms with Crippen LogP contribution in [0.3, 0.4) is 0 Å². The number of aliphatic carboxylic acids is 1. The van der Waals surface area contributed by atoms with Crippen molar-refractivity contribution in [1.82, 2.24) is 0 Å². The molecule has 4 N–H and O–H groups in total. The Morgan fingerprint density at radius 3 is 2.40 bits per heavy atom. The fourth-order valence-corrected chi connectivity index (χ4v) is 6.96. The van der Waals surface area contributed by atoms with Gasteiger partial charge in [0.15, 0.2) is 0 Å². The van der Waals surface area contributed by atoms with Crippen molar-refractivity contribution in [3.05, 3.63) is 12.2 Å². The van der Waals surface area contributed by atoms with Gasteiger partial charge in [-0.2, -0.15) is 0 Å². The summed E-state index contributed by atoms with van der Waals surface area (Å²) in [5.74, 6) is 0.203. The molecule has 8 nitrogen and oxygen atoms in total. The van der Waals surface area contributed by atoms with Gasteiger partial charge < -0.3 is 29.9 Å². The van der Waals surface area contributed by atoms with Crippen molar-refractivity contribution >= 4 is 11.8 Å². The minimum absolute atomic E-state index is 0.0187. The van der Waals surface area contributed by atoms with E-state index in [4.69, 9.17) is 14.6 Å². The standard InChI is InChI=1S/C35H62O8/c1-23(13-16-31(38)26(4)21-27(5)34-24(2)14-15-29(43-34)22-33(39)40)20-25(3)30(37)11-9-10-28(36)17-18-35(6,41)32-12-7-8-19-42-32/h9,11,23-30,32,34,36-37,41H,7-8,10,12-22H2,1-6H3,(H,39,40)/b11-9-/t23?,24-,25?,26?,27-,28?,29?,30?,32?,34?,35-/m0/s1. The number of carboxylic acid groups (broad SMARTS) is 1. The topological polar surface area (TPSA) is 134 Å². The Labute approximate surface area is 260 Å². The number of ether oxygens (including phenoxy) is 2. The Hall–Kier alpha value is -1.32. The molecule has 2 rings (SSSR count). The van der Waals surface area contributed by atoms with Crippen LogP contribution in [-0.4, -0.2) is 74.9 Å². The van der Waals surface area contributed by atoms with Crippen molar-refractivity contribution in [3.8, 4) is 0 Å². The van der Waals surface area contributed by atoms with Crippen molar-refractivity contribution < 1.29 is 39.5 Å². The van der Waals surface area contributed by atoms with E-state index in [9.17, 15) is 24.9 Å². The quantitative estimate of drug-likeness (QED) is 0.129. The molecule has 2 saturated heterocycles. The van der Waals surface area contributed by atoms with Crippen LogP contribution in [0.2, 0.25) is 0 Å². The van der Waals surface area contributed by atoms with Crippen LogP contribution in [0, 0.1) is 29.6 Å². The molecule has 0 aromatic heterocycles. The fourth-order valence-electron chi connectivity index (χ4n) is 6.96. The largest absolute Gasteiger partial charge is 0.481 e. The normalized spacial score (nSPS) is 28.9. The summed E-state index contributed by atoms with van der Waals surface area (Å²) in [5.41, 5.74) is -0.942. The first-order valence-electron chi connectivity index (χ1n) is 17.0. The van der Waals surface area contributed by atoms with Crippen LogP contribution in [0.15, 0.2) is 12.2 Å². The van der Waals surface area contributed by atoms with E-state index in [2.05, 4.69) is 20.8 Å². The summed E-state index contributed by atoms with van der Waals surface area (Å²) in [7, 11) is 0. The Morgan fingerprint density at radius 1 is 1.02 bits per heavy atom. The zero-order valence-electron chi connectivity index (χ0n) is 27.7. The molecule has 2 fully saturated rings. The average molecular weight is 611 g/mol. The van der Waals surface area contributed by atoms with Crippen molar-refractivity contribution in [2.45, 2.75) is 161 Å². The van der Waals surface area contributed by atoms with Gasteiger partial charge in [0.25, 0.3) is 0 Å². The van der Waals surface area contributed by atoms with E-state index in [0.29, 0.717) is 44.1 Å². The molecule has 43 heavy (non-hydrogen) atoms. The average Bonchev–Trinajstić information content (AvgIpc) is 2.95. The molecule has 8 heteroatoms. The van der Waals surface area contributed by atoms with Gasteiger partial charge >= 0.3 is 5.97 Å². The molecule has 11 atom stereocenters. The smallest absolute Gasteiger partial charge is 0.305 e. The predicted molar refractivity (Wildman–Crippen MR) is 169 cm³/mol. The number of Topliss-reactive ketones (excluding diaryl/α,β-unsaturated/α-hetero) is 1. The van der Waals surface area contributed by atoms with E-state index in [1.165, 1.54) is 0 Å². The maximum atomic E-state index is 13.0.